The monoisotopic (exact) mass is 212 g/mol. The minimum Gasteiger partial charge on any atom is -0.383 e. The molecule has 0 saturated carbocycles. The van der Waals surface area contributed by atoms with Crippen LogP contribution in [0.1, 0.15) is 25.5 Å². The second-order valence-electron chi connectivity index (χ2n) is 4.39. The summed E-state index contributed by atoms with van der Waals surface area (Å²) in [7, 11) is 3.67. The number of hydrogen-bond donors (Lipinski definition) is 1. The first-order valence-electron chi connectivity index (χ1n) is 5.05. The van der Waals surface area contributed by atoms with E-state index in [1.54, 1.807) is 7.11 Å². The Morgan fingerprint density at radius 2 is 2.07 bits per heavy atom. The largest absolute Gasteiger partial charge is 0.383 e. The van der Waals surface area contributed by atoms with Crippen molar-refractivity contribution in [3.8, 4) is 0 Å². The fourth-order valence-corrected chi connectivity index (χ4v) is 1.34. The Hall–Kier alpha value is -0.940. The molecule has 0 aliphatic rings. The summed E-state index contributed by atoms with van der Waals surface area (Å²) in [5.41, 5.74) is -0.0470. The van der Waals surface area contributed by atoms with E-state index in [4.69, 9.17) is 4.74 Å². The van der Waals surface area contributed by atoms with E-state index < -0.39 is 0 Å². The van der Waals surface area contributed by atoms with Crippen LogP contribution in [-0.4, -0.2) is 34.0 Å². The Balaban J connectivity index is 2.53. The maximum Gasteiger partial charge on any atom is 0.146 e. The maximum atomic E-state index is 5.13. The van der Waals surface area contributed by atoms with Crippen LogP contribution in [0.3, 0.4) is 0 Å². The minimum atomic E-state index is -0.0470. The molecule has 86 valence electrons. The first kappa shape index (κ1) is 12.1. The smallest absolute Gasteiger partial charge is 0.146 e. The molecule has 1 N–H and O–H groups in total. The Morgan fingerprint density at radius 1 is 1.40 bits per heavy atom. The molecule has 5 heteroatoms. The summed E-state index contributed by atoms with van der Waals surface area (Å²) in [6.45, 7) is 7.51. The third kappa shape index (κ3) is 3.28. The van der Waals surface area contributed by atoms with E-state index in [0.29, 0.717) is 13.2 Å². The molecule has 1 heterocycles. The molecule has 15 heavy (non-hydrogen) atoms. The maximum absolute atomic E-state index is 5.13. The van der Waals surface area contributed by atoms with Crippen LogP contribution in [0.2, 0.25) is 0 Å². The van der Waals surface area contributed by atoms with Gasteiger partial charge in [-0.3, -0.25) is 0 Å². The van der Waals surface area contributed by atoms with E-state index in [0.717, 1.165) is 11.6 Å². The third-order valence-corrected chi connectivity index (χ3v) is 2.41. The Labute approximate surface area is 90.8 Å². The summed E-state index contributed by atoms with van der Waals surface area (Å²) in [4.78, 5) is 0. The third-order valence-electron chi connectivity index (χ3n) is 2.41. The van der Waals surface area contributed by atoms with Gasteiger partial charge in [-0.15, -0.1) is 10.2 Å². The lowest BCUT2D eigenvalue weighted by atomic mass is 10.1. The van der Waals surface area contributed by atoms with Crippen LogP contribution in [0.4, 0.5) is 0 Å². The molecular weight excluding hydrogens is 192 g/mol. The summed E-state index contributed by atoms with van der Waals surface area (Å²) < 4.78 is 7.11. The standard InChI is InChI=1S/C10H20N4O/c1-8-12-13-9(14(8)4)6-11-10(2,3)7-15-5/h11H,6-7H2,1-5H3. The highest BCUT2D eigenvalue weighted by molar-refractivity contribution is 4.93. The van der Waals surface area contributed by atoms with Crippen molar-refractivity contribution in [3.05, 3.63) is 11.6 Å². The Morgan fingerprint density at radius 3 is 2.53 bits per heavy atom. The molecular formula is C10H20N4O. The van der Waals surface area contributed by atoms with Crippen LogP contribution < -0.4 is 5.32 Å². The van der Waals surface area contributed by atoms with Crippen LogP contribution in [0.25, 0.3) is 0 Å². The van der Waals surface area contributed by atoms with Crippen molar-refractivity contribution in [2.75, 3.05) is 13.7 Å². The first-order chi connectivity index (χ1) is 6.96. The van der Waals surface area contributed by atoms with E-state index in [2.05, 4.69) is 29.4 Å². The van der Waals surface area contributed by atoms with Gasteiger partial charge in [-0.05, 0) is 20.8 Å². The van der Waals surface area contributed by atoms with Crippen molar-refractivity contribution < 1.29 is 4.74 Å². The summed E-state index contributed by atoms with van der Waals surface area (Å²) in [6.07, 6.45) is 0. The average molecular weight is 212 g/mol. The van der Waals surface area contributed by atoms with E-state index in [-0.39, 0.29) is 5.54 Å². The van der Waals surface area contributed by atoms with Gasteiger partial charge in [-0.2, -0.15) is 0 Å². The molecule has 0 spiro atoms. The van der Waals surface area contributed by atoms with Gasteiger partial charge in [-0.1, -0.05) is 0 Å². The van der Waals surface area contributed by atoms with Gasteiger partial charge in [0.05, 0.1) is 13.2 Å². The molecule has 0 bridgehead atoms. The number of hydrogen-bond acceptors (Lipinski definition) is 4. The lowest BCUT2D eigenvalue weighted by molar-refractivity contribution is 0.127. The second-order valence-corrected chi connectivity index (χ2v) is 4.39. The minimum absolute atomic E-state index is 0.0470. The second kappa shape index (κ2) is 4.72. The van der Waals surface area contributed by atoms with Crippen LogP contribution in [0.5, 0.6) is 0 Å². The normalized spacial score (nSPS) is 12.1. The van der Waals surface area contributed by atoms with Gasteiger partial charge in [0.15, 0.2) is 0 Å². The molecule has 0 aliphatic carbocycles. The van der Waals surface area contributed by atoms with E-state index in [1.807, 2.05) is 18.5 Å². The molecule has 5 nitrogen and oxygen atoms in total. The van der Waals surface area contributed by atoms with Crippen LogP contribution in [0.15, 0.2) is 0 Å². The summed E-state index contributed by atoms with van der Waals surface area (Å²) in [5, 5.41) is 11.5. The number of ether oxygens (including phenoxy) is 1. The SMILES string of the molecule is COCC(C)(C)NCc1nnc(C)n1C. The van der Waals surface area contributed by atoms with E-state index in [9.17, 15) is 0 Å². The van der Waals surface area contributed by atoms with Crippen molar-refractivity contribution in [2.24, 2.45) is 7.05 Å². The van der Waals surface area contributed by atoms with Gasteiger partial charge in [0.2, 0.25) is 0 Å². The molecule has 0 unspecified atom stereocenters. The van der Waals surface area contributed by atoms with Gasteiger partial charge < -0.3 is 14.6 Å². The van der Waals surface area contributed by atoms with Gasteiger partial charge in [0.1, 0.15) is 11.6 Å². The number of methoxy groups -OCH3 is 1. The summed E-state index contributed by atoms with van der Waals surface area (Å²) >= 11 is 0. The number of nitrogens with zero attached hydrogens (tertiary/aromatic N) is 3. The Bertz CT molecular complexity index is 319. The van der Waals surface area contributed by atoms with Crippen molar-refractivity contribution in [3.63, 3.8) is 0 Å². The van der Waals surface area contributed by atoms with Crippen LogP contribution in [0, 0.1) is 6.92 Å². The molecule has 0 aliphatic heterocycles. The lowest BCUT2D eigenvalue weighted by Gasteiger charge is -2.24. The average Bonchev–Trinajstić information content (AvgIpc) is 2.45. The highest BCUT2D eigenvalue weighted by Crippen LogP contribution is 2.04. The number of rotatable bonds is 5. The number of nitrogens with one attached hydrogen (secondary N) is 1. The first-order valence-corrected chi connectivity index (χ1v) is 5.05. The van der Waals surface area contributed by atoms with Gasteiger partial charge in [0.25, 0.3) is 0 Å². The zero-order valence-electron chi connectivity index (χ0n) is 10.2. The highest BCUT2D eigenvalue weighted by atomic mass is 16.5. The van der Waals surface area contributed by atoms with Crippen molar-refractivity contribution in [1.82, 2.24) is 20.1 Å². The van der Waals surface area contributed by atoms with E-state index in [1.165, 1.54) is 0 Å². The molecule has 1 rings (SSSR count). The number of aryl methyl sites for hydroxylation is 1. The molecule has 0 aromatic carbocycles. The van der Waals surface area contributed by atoms with Crippen molar-refractivity contribution >= 4 is 0 Å². The molecule has 1 aromatic rings. The zero-order valence-corrected chi connectivity index (χ0v) is 10.2. The van der Waals surface area contributed by atoms with Gasteiger partial charge in [-0.25, -0.2) is 0 Å². The Kier molecular flexibility index (Phi) is 3.82. The van der Waals surface area contributed by atoms with Gasteiger partial charge >= 0.3 is 0 Å². The molecule has 0 atom stereocenters. The predicted octanol–water partition coefficient (Wildman–Crippen LogP) is 0.638. The predicted molar refractivity (Wildman–Crippen MR) is 58.5 cm³/mol. The molecule has 0 amide bonds. The highest BCUT2D eigenvalue weighted by Gasteiger charge is 2.17. The van der Waals surface area contributed by atoms with Crippen LogP contribution >= 0.6 is 0 Å². The lowest BCUT2D eigenvalue weighted by Crippen LogP contribution is -2.43. The molecule has 0 saturated heterocycles. The summed E-state index contributed by atoms with van der Waals surface area (Å²) in [5.74, 6) is 1.87. The molecule has 1 aromatic heterocycles. The zero-order chi connectivity index (χ0) is 11.5. The quantitative estimate of drug-likeness (QED) is 0.778. The van der Waals surface area contributed by atoms with Crippen molar-refractivity contribution in [2.45, 2.75) is 32.9 Å². The topological polar surface area (TPSA) is 52.0 Å². The molecule has 0 fully saturated rings. The molecule has 0 radical (unpaired) electrons. The summed E-state index contributed by atoms with van der Waals surface area (Å²) in [6, 6.07) is 0. The fourth-order valence-electron chi connectivity index (χ4n) is 1.34. The fraction of sp³-hybridized carbons (Fsp3) is 0.800. The van der Waals surface area contributed by atoms with Gasteiger partial charge in [0, 0.05) is 19.7 Å². The van der Waals surface area contributed by atoms with E-state index >= 15 is 0 Å². The van der Waals surface area contributed by atoms with Crippen LogP contribution in [-0.2, 0) is 18.3 Å². The number of aromatic nitrogens is 3. The van der Waals surface area contributed by atoms with Crippen molar-refractivity contribution in [1.29, 1.82) is 0 Å².